The van der Waals surface area contributed by atoms with Crippen molar-refractivity contribution in [3.8, 4) is 0 Å². The number of Topliss-reactive ketones (excluding diaryl/α,β-unsaturated/α-hetero) is 1. The zero-order valence-corrected chi connectivity index (χ0v) is 12.7. The van der Waals surface area contributed by atoms with E-state index in [0.29, 0.717) is 18.9 Å². The molecule has 2 rings (SSSR count). The van der Waals surface area contributed by atoms with Crippen molar-refractivity contribution in [1.82, 2.24) is 9.78 Å². The maximum absolute atomic E-state index is 12.2. The Bertz CT molecular complexity index is 611. The van der Waals surface area contributed by atoms with Crippen molar-refractivity contribution in [3.63, 3.8) is 0 Å². The van der Waals surface area contributed by atoms with Gasteiger partial charge >= 0.3 is 0 Å². The number of carbonyl (C=O) groups excluding carboxylic acids is 1. The second kappa shape index (κ2) is 6.04. The van der Waals surface area contributed by atoms with Gasteiger partial charge in [0.05, 0.1) is 12.1 Å². The highest BCUT2D eigenvalue weighted by atomic mass is 16.1. The number of hydrogen-bond donors (Lipinski definition) is 0. The van der Waals surface area contributed by atoms with E-state index in [4.69, 9.17) is 0 Å². The molecule has 0 N–H and O–H groups in total. The van der Waals surface area contributed by atoms with E-state index in [1.165, 1.54) is 11.1 Å². The molecule has 1 heterocycles. The summed E-state index contributed by atoms with van der Waals surface area (Å²) < 4.78 is 1.89. The van der Waals surface area contributed by atoms with Crippen molar-refractivity contribution >= 4 is 5.78 Å². The van der Waals surface area contributed by atoms with Crippen LogP contribution in [0.5, 0.6) is 0 Å². The standard InChI is InChI=1S/C17H22N2O/c1-12(2)19-8-7-16(18-19)11-17(20)10-15-9-13(3)5-6-14(15)4/h5-9,12H,10-11H2,1-4H3. The third-order valence-corrected chi connectivity index (χ3v) is 3.46. The molecule has 0 saturated heterocycles. The van der Waals surface area contributed by atoms with Crippen LogP contribution in [0.4, 0.5) is 0 Å². The van der Waals surface area contributed by atoms with Crippen LogP contribution in [-0.4, -0.2) is 15.6 Å². The molecule has 0 spiro atoms. The van der Waals surface area contributed by atoms with Crippen LogP contribution in [0.25, 0.3) is 0 Å². The Morgan fingerprint density at radius 2 is 1.95 bits per heavy atom. The molecule has 0 unspecified atom stereocenters. The van der Waals surface area contributed by atoms with Crippen molar-refractivity contribution in [2.24, 2.45) is 0 Å². The van der Waals surface area contributed by atoms with Gasteiger partial charge in [-0.3, -0.25) is 9.48 Å². The van der Waals surface area contributed by atoms with Gasteiger partial charge in [0.15, 0.2) is 0 Å². The predicted octanol–water partition coefficient (Wildman–Crippen LogP) is 3.44. The summed E-state index contributed by atoms with van der Waals surface area (Å²) in [5, 5.41) is 4.43. The largest absolute Gasteiger partial charge is 0.299 e. The molecular formula is C17H22N2O. The van der Waals surface area contributed by atoms with Gasteiger partial charge in [-0.1, -0.05) is 23.8 Å². The number of carbonyl (C=O) groups is 1. The molecule has 0 atom stereocenters. The van der Waals surface area contributed by atoms with Gasteiger partial charge in [0.1, 0.15) is 5.78 Å². The van der Waals surface area contributed by atoms with Crippen LogP contribution in [-0.2, 0) is 17.6 Å². The molecular weight excluding hydrogens is 248 g/mol. The average molecular weight is 270 g/mol. The summed E-state index contributed by atoms with van der Waals surface area (Å²) >= 11 is 0. The van der Waals surface area contributed by atoms with Crippen molar-refractivity contribution < 1.29 is 4.79 Å². The molecule has 1 aromatic carbocycles. The van der Waals surface area contributed by atoms with Crippen molar-refractivity contribution in [1.29, 1.82) is 0 Å². The number of rotatable bonds is 5. The predicted molar refractivity (Wildman–Crippen MR) is 80.9 cm³/mol. The van der Waals surface area contributed by atoms with Crippen LogP contribution >= 0.6 is 0 Å². The third kappa shape index (κ3) is 3.56. The first-order valence-electron chi connectivity index (χ1n) is 7.07. The molecule has 0 amide bonds. The summed E-state index contributed by atoms with van der Waals surface area (Å²) in [5.41, 5.74) is 4.35. The lowest BCUT2D eigenvalue weighted by Crippen LogP contribution is -2.09. The minimum atomic E-state index is 0.215. The maximum Gasteiger partial charge on any atom is 0.143 e. The molecule has 0 fully saturated rings. The molecule has 20 heavy (non-hydrogen) atoms. The van der Waals surface area contributed by atoms with E-state index in [-0.39, 0.29) is 5.78 Å². The van der Waals surface area contributed by atoms with Gasteiger partial charge in [0, 0.05) is 18.7 Å². The van der Waals surface area contributed by atoms with E-state index in [2.05, 4.69) is 51.0 Å². The average Bonchev–Trinajstić information content (AvgIpc) is 2.82. The molecule has 0 aliphatic carbocycles. The molecule has 0 radical (unpaired) electrons. The van der Waals surface area contributed by atoms with E-state index < -0.39 is 0 Å². The number of nitrogens with zero attached hydrogens (tertiary/aromatic N) is 2. The fourth-order valence-corrected chi connectivity index (χ4v) is 2.23. The van der Waals surface area contributed by atoms with E-state index in [1.54, 1.807) is 0 Å². The summed E-state index contributed by atoms with van der Waals surface area (Å²) in [6.45, 7) is 8.26. The Morgan fingerprint density at radius 1 is 1.20 bits per heavy atom. The topological polar surface area (TPSA) is 34.9 Å². The lowest BCUT2D eigenvalue weighted by molar-refractivity contribution is -0.117. The third-order valence-electron chi connectivity index (χ3n) is 3.46. The Kier molecular flexibility index (Phi) is 4.38. The van der Waals surface area contributed by atoms with Gasteiger partial charge in [-0.15, -0.1) is 0 Å². The summed E-state index contributed by atoms with van der Waals surface area (Å²) in [6, 6.07) is 8.51. The normalized spacial score (nSPS) is 11.1. The second-order valence-corrected chi connectivity index (χ2v) is 5.70. The number of ketones is 1. The van der Waals surface area contributed by atoms with E-state index in [0.717, 1.165) is 11.3 Å². The highest BCUT2D eigenvalue weighted by Crippen LogP contribution is 2.13. The fourth-order valence-electron chi connectivity index (χ4n) is 2.23. The molecule has 106 valence electrons. The van der Waals surface area contributed by atoms with Crippen molar-refractivity contribution in [3.05, 3.63) is 52.8 Å². The van der Waals surface area contributed by atoms with Crippen LogP contribution in [0.3, 0.4) is 0 Å². The number of aromatic nitrogens is 2. The highest BCUT2D eigenvalue weighted by molar-refractivity contribution is 5.83. The van der Waals surface area contributed by atoms with Gasteiger partial charge in [0.2, 0.25) is 0 Å². The fraction of sp³-hybridized carbons (Fsp3) is 0.412. The molecule has 3 heteroatoms. The van der Waals surface area contributed by atoms with Gasteiger partial charge in [-0.05, 0) is 44.9 Å². The van der Waals surface area contributed by atoms with Gasteiger partial charge < -0.3 is 0 Å². The zero-order chi connectivity index (χ0) is 14.7. The molecule has 0 saturated carbocycles. The monoisotopic (exact) mass is 270 g/mol. The summed E-state index contributed by atoms with van der Waals surface area (Å²) in [5.74, 6) is 0.215. The number of benzene rings is 1. The van der Waals surface area contributed by atoms with Gasteiger partial charge in [0.25, 0.3) is 0 Å². The van der Waals surface area contributed by atoms with Crippen molar-refractivity contribution in [2.45, 2.75) is 46.6 Å². The Hall–Kier alpha value is -1.90. The Balaban J connectivity index is 2.03. The number of hydrogen-bond acceptors (Lipinski definition) is 2. The van der Waals surface area contributed by atoms with Crippen molar-refractivity contribution in [2.75, 3.05) is 0 Å². The van der Waals surface area contributed by atoms with Crippen LogP contribution in [0.2, 0.25) is 0 Å². The maximum atomic E-state index is 12.2. The lowest BCUT2D eigenvalue weighted by Gasteiger charge is -2.06. The summed E-state index contributed by atoms with van der Waals surface area (Å²) in [7, 11) is 0. The first kappa shape index (κ1) is 14.5. The summed E-state index contributed by atoms with van der Waals surface area (Å²) in [4.78, 5) is 12.2. The quantitative estimate of drug-likeness (QED) is 0.834. The van der Waals surface area contributed by atoms with Crippen LogP contribution < -0.4 is 0 Å². The summed E-state index contributed by atoms with van der Waals surface area (Å²) in [6.07, 6.45) is 2.83. The second-order valence-electron chi connectivity index (χ2n) is 5.70. The Labute approximate surface area is 120 Å². The molecule has 1 aromatic heterocycles. The molecule has 0 aliphatic rings. The lowest BCUT2D eigenvalue weighted by atomic mass is 9.99. The van der Waals surface area contributed by atoms with E-state index in [9.17, 15) is 4.79 Å². The molecule has 0 aliphatic heterocycles. The van der Waals surface area contributed by atoms with Gasteiger partial charge in [-0.2, -0.15) is 5.10 Å². The first-order valence-corrected chi connectivity index (χ1v) is 7.07. The Morgan fingerprint density at radius 3 is 2.60 bits per heavy atom. The molecule has 3 nitrogen and oxygen atoms in total. The van der Waals surface area contributed by atoms with E-state index in [1.807, 2.05) is 16.9 Å². The van der Waals surface area contributed by atoms with Crippen LogP contribution in [0.1, 0.15) is 42.3 Å². The first-order chi connectivity index (χ1) is 9.45. The van der Waals surface area contributed by atoms with Gasteiger partial charge in [-0.25, -0.2) is 0 Å². The minimum absolute atomic E-state index is 0.215. The highest BCUT2D eigenvalue weighted by Gasteiger charge is 2.10. The smallest absolute Gasteiger partial charge is 0.143 e. The number of aryl methyl sites for hydroxylation is 2. The van der Waals surface area contributed by atoms with Crippen LogP contribution in [0.15, 0.2) is 30.5 Å². The van der Waals surface area contributed by atoms with Crippen LogP contribution in [0, 0.1) is 13.8 Å². The van der Waals surface area contributed by atoms with E-state index >= 15 is 0 Å². The SMILES string of the molecule is Cc1ccc(C)c(CC(=O)Cc2ccn(C(C)C)n2)c1. The zero-order valence-electron chi connectivity index (χ0n) is 12.7. The molecule has 2 aromatic rings. The molecule has 0 bridgehead atoms. The minimum Gasteiger partial charge on any atom is -0.299 e.